The van der Waals surface area contributed by atoms with Crippen molar-refractivity contribution in [3.63, 3.8) is 0 Å². The molecule has 9 N–H and O–H groups in total. The molecule has 0 aromatic heterocycles. The molecule has 2 saturated heterocycles. The number of ether oxygens (including phenoxy) is 5. The largest absolute Gasteiger partial charge is 0.504 e. The molecular weight excluding hydrogens is 588 g/mol. The highest BCUT2D eigenvalue weighted by Gasteiger charge is 2.52. The van der Waals surface area contributed by atoms with Crippen LogP contribution in [0.4, 0.5) is 0 Å². The van der Waals surface area contributed by atoms with Gasteiger partial charge in [-0.15, -0.1) is 0 Å². The van der Waals surface area contributed by atoms with Crippen LogP contribution < -0.4 is 0 Å². The van der Waals surface area contributed by atoms with Gasteiger partial charge in [-0.3, -0.25) is 0 Å². The first-order valence-corrected chi connectivity index (χ1v) is 13.7. The first-order chi connectivity index (χ1) is 20.9. The fourth-order valence-electron chi connectivity index (χ4n) is 4.76. The normalized spacial score (nSPS) is 32.5. The van der Waals surface area contributed by atoms with E-state index in [2.05, 4.69) is 0 Å². The molecule has 44 heavy (non-hydrogen) atoms. The molecule has 2 aromatic rings. The van der Waals surface area contributed by atoms with E-state index < -0.39 is 79.7 Å². The van der Waals surface area contributed by atoms with Crippen molar-refractivity contribution in [1.82, 2.24) is 0 Å². The number of hydrogen-bond acceptors (Lipinski definition) is 15. The monoisotopic (exact) mass is 624 g/mol. The topological polar surface area (TPSA) is 245 Å². The number of aliphatic hydroxyl groups is 5. The fourth-order valence-corrected chi connectivity index (χ4v) is 4.76. The third kappa shape index (κ3) is 7.76. The fraction of sp³-hybridized carbons (Fsp3) is 0.483. The summed E-state index contributed by atoms with van der Waals surface area (Å²) in [4.78, 5) is 12.8. The van der Waals surface area contributed by atoms with Crippen molar-refractivity contribution in [2.45, 2.75) is 74.8 Å². The van der Waals surface area contributed by atoms with Crippen LogP contribution in [0.15, 0.2) is 42.5 Å². The maximum atomic E-state index is 12.8. The highest BCUT2D eigenvalue weighted by molar-refractivity contribution is 5.87. The molecule has 4 rings (SSSR count). The minimum absolute atomic E-state index is 0.0754. The van der Waals surface area contributed by atoms with Gasteiger partial charge >= 0.3 is 5.97 Å². The summed E-state index contributed by atoms with van der Waals surface area (Å²) in [5, 5.41) is 90.5. The Balaban J connectivity index is 1.52. The van der Waals surface area contributed by atoms with Crippen molar-refractivity contribution in [2.75, 3.05) is 13.2 Å². The van der Waals surface area contributed by atoms with Crippen LogP contribution in [0.1, 0.15) is 18.1 Å². The number of benzene rings is 2. The van der Waals surface area contributed by atoms with E-state index in [1.54, 1.807) is 6.07 Å². The zero-order chi connectivity index (χ0) is 32.1. The molecule has 0 radical (unpaired) electrons. The van der Waals surface area contributed by atoms with Crippen LogP contribution in [0.2, 0.25) is 0 Å². The van der Waals surface area contributed by atoms with Gasteiger partial charge in [0.05, 0.1) is 19.3 Å². The second-order valence-electron chi connectivity index (χ2n) is 10.4. The van der Waals surface area contributed by atoms with Crippen molar-refractivity contribution >= 4 is 12.0 Å². The van der Waals surface area contributed by atoms with E-state index in [1.165, 1.54) is 43.3 Å². The minimum atomic E-state index is -1.77. The van der Waals surface area contributed by atoms with Gasteiger partial charge in [-0.25, -0.2) is 4.79 Å². The van der Waals surface area contributed by atoms with Gasteiger partial charge in [-0.2, -0.15) is 0 Å². The van der Waals surface area contributed by atoms with Crippen LogP contribution in [0.25, 0.3) is 6.08 Å². The van der Waals surface area contributed by atoms with Crippen LogP contribution in [-0.4, -0.2) is 127 Å². The second kappa shape index (κ2) is 14.5. The summed E-state index contributed by atoms with van der Waals surface area (Å²) in [5.41, 5.74) is 0.914. The number of phenolic OH excluding ortho intramolecular Hbond substituents is 4. The zero-order valence-corrected chi connectivity index (χ0v) is 23.5. The van der Waals surface area contributed by atoms with Gasteiger partial charge in [-0.05, 0) is 54.8 Å². The number of esters is 1. The lowest BCUT2D eigenvalue weighted by atomic mass is 9.97. The van der Waals surface area contributed by atoms with Crippen LogP contribution in [0.3, 0.4) is 0 Å². The Morgan fingerprint density at radius 1 is 0.818 bits per heavy atom. The third-order valence-electron chi connectivity index (χ3n) is 7.27. The molecule has 0 amide bonds. The molecule has 0 unspecified atom stereocenters. The van der Waals surface area contributed by atoms with Crippen molar-refractivity contribution in [3.8, 4) is 23.0 Å². The molecule has 2 aromatic carbocycles. The molecule has 15 heteroatoms. The third-order valence-corrected chi connectivity index (χ3v) is 7.27. The molecule has 15 nitrogen and oxygen atoms in total. The summed E-state index contributed by atoms with van der Waals surface area (Å²) in [7, 11) is 0. The van der Waals surface area contributed by atoms with E-state index in [1.807, 2.05) is 0 Å². The molecule has 2 aliphatic heterocycles. The summed E-state index contributed by atoms with van der Waals surface area (Å²) < 4.78 is 28.2. The standard InChI is InChI=1S/C29H36O15/c1-13-22(36)23(37)24(38)29(41-13)44-27-25(39)28(40-9-8-15-3-6-17(32)19(34)11-15)42-20(12-30)26(27)43-21(35)7-4-14-2-5-16(31)18(33)10-14/h2-7,10-11,13,20,22-34,36-39H,8-9,12H2,1H3/b7-4+/t13-,20-,22+,23+,24+,25+,26+,27-,28-,29-/m1/s1. The van der Waals surface area contributed by atoms with E-state index in [0.717, 1.165) is 6.08 Å². The molecule has 0 spiro atoms. The Hall–Kier alpha value is -3.51. The van der Waals surface area contributed by atoms with Crippen LogP contribution in [-0.2, 0) is 34.9 Å². The second-order valence-corrected chi connectivity index (χ2v) is 10.4. The average molecular weight is 625 g/mol. The summed E-state index contributed by atoms with van der Waals surface area (Å²) in [6.07, 6.45) is -12.6. The summed E-state index contributed by atoms with van der Waals surface area (Å²) in [6, 6.07) is 7.98. The number of aliphatic hydroxyl groups excluding tert-OH is 5. The van der Waals surface area contributed by atoms with Crippen molar-refractivity contribution < 1.29 is 74.4 Å². The number of phenols is 4. The number of carbonyl (C=O) groups is 1. The number of carbonyl (C=O) groups excluding carboxylic acids is 1. The van der Waals surface area contributed by atoms with Crippen LogP contribution in [0, 0.1) is 0 Å². The van der Waals surface area contributed by atoms with E-state index in [9.17, 15) is 50.8 Å². The Morgan fingerprint density at radius 2 is 1.50 bits per heavy atom. The number of hydrogen-bond donors (Lipinski definition) is 9. The summed E-state index contributed by atoms with van der Waals surface area (Å²) in [6.45, 7) is 0.606. The van der Waals surface area contributed by atoms with E-state index in [-0.39, 0.29) is 30.3 Å². The Kier molecular flexibility index (Phi) is 11.0. The number of aromatic hydroxyl groups is 4. The van der Waals surface area contributed by atoms with Crippen molar-refractivity contribution in [1.29, 1.82) is 0 Å². The number of rotatable bonds is 10. The molecule has 2 heterocycles. The van der Waals surface area contributed by atoms with Gasteiger partial charge in [-0.1, -0.05) is 12.1 Å². The van der Waals surface area contributed by atoms with Gasteiger partial charge in [0.15, 0.2) is 41.7 Å². The Labute approximate surface area is 251 Å². The lowest BCUT2D eigenvalue weighted by Crippen LogP contribution is -2.65. The Morgan fingerprint density at radius 3 is 2.16 bits per heavy atom. The maximum absolute atomic E-state index is 12.8. The van der Waals surface area contributed by atoms with E-state index >= 15 is 0 Å². The first kappa shape index (κ1) is 33.4. The lowest BCUT2D eigenvalue weighted by molar-refractivity contribution is -0.357. The van der Waals surface area contributed by atoms with Crippen LogP contribution in [0.5, 0.6) is 23.0 Å². The summed E-state index contributed by atoms with van der Waals surface area (Å²) in [5.74, 6) is -2.40. The minimum Gasteiger partial charge on any atom is -0.504 e. The SMILES string of the molecule is C[C@H]1O[C@H](O[C@@H]2[C@H](O)[C@H](OCCc3ccc(O)c(O)c3)O[C@H](CO)[C@@H]2OC(=O)/C=C/c2ccc(O)c(O)c2)[C@@H](O)[C@@H](O)[C@H]1O. The smallest absolute Gasteiger partial charge is 0.331 e. The maximum Gasteiger partial charge on any atom is 0.331 e. The van der Waals surface area contributed by atoms with Gasteiger partial charge < -0.3 is 69.6 Å². The quantitative estimate of drug-likeness (QED) is 0.0873. The molecule has 2 aliphatic rings. The van der Waals surface area contributed by atoms with Gasteiger partial charge in [0, 0.05) is 6.08 Å². The molecule has 242 valence electrons. The van der Waals surface area contributed by atoms with Crippen molar-refractivity contribution in [2.24, 2.45) is 0 Å². The molecule has 10 atom stereocenters. The van der Waals surface area contributed by atoms with E-state index in [0.29, 0.717) is 11.1 Å². The molecule has 0 saturated carbocycles. The molecule has 0 bridgehead atoms. The zero-order valence-electron chi connectivity index (χ0n) is 23.5. The Bertz CT molecular complexity index is 1300. The highest BCUT2D eigenvalue weighted by Crippen LogP contribution is 2.32. The molecule has 0 aliphatic carbocycles. The summed E-state index contributed by atoms with van der Waals surface area (Å²) >= 11 is 0. The van der Waals surface area contributed by atoms with Gasteiger partial charge in [0.1, 0.15) is 36.6 Å². The van der Waals surface area contributed by atoms with Gasteiger partial charge in [0.2, 0.25) is 0 Å². The molecular formula is C29H36O15. The van der Waals surface area contributed by atoms with Gasteiger partial charge in [0.25, 0.3) is 0 Å². The highest BCUT2D eigenvalue weighted by atomic mass is 16.7. The average Bonchev–Trinajstić information content (AvgIpc) is 2.99. The lowest BCUT2D eigenvalue weighted by Gasteiger charge is -2.46. The molecule has 2 fully saturated rings. The first-order valence-electron chi connectivity index (χ1n) is 13.7. The van der Waals surface area contributed by atoms with Crippen LogP contribution >= 0.6 is 0 Å². The van der Waals surface area contributed by atoms with E-state index in [4.69, 9.17) is 23.7 Å². The predicted octanol–water partition coefficient (Wildman–Crippen LogP) is -1.02. The van der Waals surface area contributed by atoms with Crippen molar-refractivity contribution in [3.05, 3.63) is 53.6 Å². The predicted molar refractivity (Wildman–Crippen MR) is 147 cm³/mol.